The summed E-state index contributed by atoms with van der Waals surface area (Å²) in [5, 5.41) is 11.6. The first kappa shape index (κ1) is 16.0. The van der Waals surface area contributed by atoms with Crippen LogP contribution in [-0.2, 0) is 7.05 Å². The molecule has 2 aromatic heterocycles. The van der Waals surface area contributed by atoms with Crippen LogP contribution in [0.15, 0.2) is 24.4 Å². The largest absolute Gasteiger partial charge is 0.352 e. The Bertz CT molecular complexity index is 951. The Morgan fingerprint density at radius 2 is 2.16 bits per heavy atom. The number of aromatic nitrogens is 4. The van der Waals surface area contributed by atoms with Gasteiger partial charge >= 0.3 is 0 Å². The van der Waals surface area contributed by atoms with Crippen molar-refractivity contribution in [2.45, 2.75) is 18.4 Å². The van der Waals surface area contributed by atoms with Crippen molar-refractivity contribution in [1.29, 1.82) is 0 Å². The van der Waals surface area contributed by atoms with E-state index in [4.69, 9.17) is 17.3 Å². The fourth-order valence-electron chi connectivity index (χ4n) is 2.51. The topological polar surface area (TPSA) is 93.7 Å². The molecule has 0 aliphatic heterocycles. The molecule has 0 amide bonds. The third kappa shape index (κ3) is 3.22. The van der Waals surface area contributed by atoms with Gasteiger partial charge in [-0.05, 0) is 31.0 Å². The Balaban J connectivity index is 1.70. The molecule has 0 atom stereocenters. The van der Waals surface area contributed by atoms with E-state index in [0.717, 1.165) is 18.2 Å². The minimum absolute atomic E-state index is 0.168. The number of aryl methyl sites for hydroxylation is 1. The molecular weight excluding hydrogens is 345 g/mol. The first-order chi connectivity index (χ1) is 11.9. The van der Waals surface area contributed by atoms with Crippen molar-refractivity contribution >= 4 is 40.1 Å². The summed E-state index contributed by atoms with van der Waals surface area (Å²) in [7, 11) is 1.80. The number of rotatable bonds is 5. The third-order valence-corrected chi connectivity index (χ3v) is 4.58. The van der Waals surface area contributed by atoms with Crippen LogP contribution in [-0.4, -0.2) is 31.8 Å². The number of halogens is 2. The van der Waals surface area contributed by atoms with Crippen LogP contribution in [0.5, 0.6) is 0 Å². The summed E-state index contributed by atoms with van der Waals surface area (Å²) >= 11 is 6.11. The van der Waals surface area contributed by atoms with Gasteiger partial charge in [-0.15, -0.1) is 0 Å². The summed E-state index contributed by atoms with van der Waals surface area (Å²) in [5.41, 5.74) is 7.16. The lowest BCUT2D eigenvalue weighted by molar-refractivity contribution is 0.628. The second-order valence-corrected chi connectivity index (χ2v) is 6.77. The Labute approximate surface area is 148 Å². The standard InChI is InChI=1S/C16H17ClFN7/c1-25-14-10(7-21-25)13(22-12-3-2-9(18)6-11(12)17)23-15(24-14)20-8-16(19)4-5-16/h2-3,6-7H,4-5,8,19H2,1H3,(H2,20,22,23,24). The van der Waals surface area contributed by atoms with Crippen molar-refractivity contribution in [2.75, 3.05) is 17.2 Å². The molecule has 0 saturated heterocycles. The van der Waals surface area contributed by atoms with Crippen molar-refractivity contribution in [3.63, 3.8) is 0 Å². The van der Waals surface area contributed by atoms with Gasteiger partial charge in [0.2, 0.25) is 5.95 Å². The molecule has 0 unspecified atom stereocenters. The zero-order valence-electron chi connectivity index (χ0n) is 13.6. The van der Waals surface area contributed by atoms with Gasteiger partial charge in [0.15, 0.2) is 5.65 Å². The first-order valence-corrected chi connectivity index (χ1v) is 8.26. The summed E-state index contributed by atoms with van der Waals surface area (Å²) in [6.45, 7) is 0.604. The quantitative estimate of drug-likeness (QED) is 0.647. The number of nitrogens with one attached hydrogen (secondary N) is 2. The van der Waals surface area contributed by atoms with Crippen molar-refractivity contribution in [3.05, 3.63) is 35.2 Å². The summed E-state index contributed by atoms with van der Waals surface area (Å²) in [4.78, 5) is 9.00. The molecule has 1 aliphatic rings. The highest BCUT2D eigenvalue weighted by Crippen LogP contribution is 2.33. The Hall–Kier alpha value is -2.45. The van der Waals surface area contributed by atoms with Crippen LogP contribution < -0.4 is 16.4 Å². The van der Waals surface area contributed by atoms with Crippen LogP contribution in [0.4, 0.5) is 21.8 Å². The SMILES string of the molecule is Cn1ncc2c(Nc3ccc(F)cc3Cl)nc(NCC3(N)CC3)nc21. The lowest BCUT2D eigenvalue weighted by Crippen LogP contribution is -2.31. The van der Waals surface area contributed by atoms with Gasteiger partial charge in [0.25, 0.3) is 0 Å². The Kier molecular flexibility index (Phi) is 3.73. The molecule has 7 nitrogen and oxygen atoms in total. The van der Waals surface area contributed by atoms with Gasteiger partial charge < -0.3 is 16.4 Å². The Morgan fingerprint density at radius 3 is 2.88 bits per heavy atom. The van der Waals surface area contributed by atoms with Gasteiger partial charge in [-0.2, -0.15) is 15.1 Å². The Morgan fingerprint density at radius 1 is 1.36 bits per heavy atom. The lowest BCUT2D eigenvalue weighted by atomic mass is 10.3. The summed E-state index contributed by atoms with van der Waals surface area (Å²) < 4.78 is 14.9. The zero-order valence-corrected chi connectivity index (χ0v) is 14.3. The number of fused-ring (bicyclic) bond motifs is 1. The average Bonchev–Trinajstić information content (AvgIpc) is 3.20. The highest BCUT2D eigenvalue weighted by atomic mass is 35.5. The maximum atomic E-state index is 13.3. The predicted molar refractivity (Wildman–Crippen MR) is 95.6 cm³/mol. The van der Waals surface area contributed by atoms with E-state index in [-0.39, 0.29) is 10.6 Å². The van der Waals surface area contributed by atoms with Crippen molar-refractivity contribution in [2.24, 2.45) is 12.8 Å². The van der Waals surface area contributed by atoms with Crippen LogP contribution in [0.2, 0.25) is 5.02 Å². The number of benzene rings is 1. The molecule has 0 spiro atoms. The van der Waals surface area contributed by atoms with E-state index in [1.807, 2.05) is 0 Å². The summed E-state index contributed by atoms with van der Waals surface area (Å²) in [6.07, 6.45) is 3.65. The fourth-order valence-corrected chi connectivity index (χ4v) is 2.72. The van der Waals surface area contributed by atoms with Crippen LogP contribution in [0.25, 0.3) is 11.0 Å². The number of hydrogen-bond acceptors (Lipinski definition) is 6. The van der Waals surface area contributed by atoms with E-state index >= 15 is 0 Å². The van der Waals surface area contributed by atoms with E-state index in [0.29, 0.717) is 29.6 Å². The summed E-state index contributed by atoms with van der Waals surface area (Å²) in [6, 6.07) is 4.14. The first-order valence-electron chi connectivity index (χ1n) is 7.88. The highest BCUT2D eigenvalue weighted by Gasteiger charge is 2.38. The predicted octanol–water partition coefficient (Wildman–Crippen LogP) is 2.80. The average molecular weight is 362 g/mol. The molecule has 0 radical (unpaired) electrons. The van der Waals surface area contributed by atoms with Gasteiger partial charge in [0.05, 0.1) is 22.3 Å². The third-order valence-electron chi connectivity index (χ3n) is 4.27. The molecule has 130 valence electrons. The van der Waals surface area contributed by atoms with E-state index in [2.05, 4.69) is 25.7 Å². The van der Waals surface area contributed by atoms with Crippen molar-refractivity contribution in [3.8, 4) is 0 Å². The monoisotopic (exact) mass is 361 g/mol. The molecule has 3 aromatic rings. The molecule has 9 heteroatoms. The van der Waals surface area contributed by atoms with E-state index in [1.54, 1.807) is 24.0 Å². The van der Waals surface area contributed by atoms with E-state index < -0.39 is 5.82 Å². The smallest absolute Gasteiger partial charge is 0.226 e. The van der Waals surface area contributed by atoms with Crippen LogP contribution in [0.3, 0.4) is 0 Å². The second kappa shape index (κ2) is 5.82. The van der Waals surface area contributed by atoms with Crippen LogP contribution in [0.1, 0.15) is 12.8 Å². The lowest BCUT2D eigenvalue weighted by Gasteiger charge is -2.13. The molecule has 25 heavy (non-hydrogen) atoms. The molecule has 1 aliphatic carbocycles. The molecule has 1 fully saturated rings. The molecule has 4 N–H and O–H groups in total. The summed E-state index contributed by atoms with van der Waals surface area (Å²) in [5.74, 6) is 0.592. The minimum atomic E-state index is -0.398. The molecule has 1 aromatic carbocycles. The van der Waals surface area contributed by atoms with Crippen LogP contribution >= 0.6 is 11.6 Å². The zero-order chi connectivity index (χ0) is 17.6. The normalized spacial score (nSPS) is 15.4. The highest BCUT2D eigenvalue weighted by molar-refractivity contribution is 6.33. The van der Waals surface area contributed by atoms with Gasteiger partial charge in [0.1, 0.15) is 11.6 Å². The molecule has 1 saturated carbocycles. The fraction of sp³-hybridized carbons (Fsp3) is 0.312. The number of anilines is 3. The van der Waals surface area contributed by atoms with Gasteiger partial charge in [-0.25, -0.2) is 4.39 Å². The maximum Gasteiger partial charge on any atom is 0.226 e. The molecule has 0 bridgehead atoms. The maximum absolute atomic E-state index is 13.3. The van der Waals surface area contributed by atoms with Crippen molar-refractivity contribution in [1.82, 2.24) is 19.7 Å². The van der Waals surface area contributed by atoms with E-state index in [1.165, 1.54) is 12.1 Å². The van der Waals surface area contributed by atoms with Crippen LogP contribution in [0, 0.1) is 5.82 Å². The number of nitrogens with two attached hydrogens (primary N) is 1. The van der Waals surface area contributed by atoms with E-state index in [9.17, 15) is 4.39 Å². The second-order valence-electron chi connectivity index (χ2n) is 6.37. The molecule has 4 rings (SSSR count). The van der Waals surface area contributed by atoms with Gasteiger partial charge in [-0.3, -0.25) is 4.68 Å². The minimum Gasteiger partial charge on any atom is -0.352 e. The molecular formula is C16H17ClFN7. The number of hydrogen-bond donors (Lipinski definition) is 3. The van der Waals surface area contributed by atoms with Crippen molar-refractivity contribution < 1.29 is 4.39 Å². The van der Waals surface area contributed by atoms with Gasteiger partial charge in [0, 0.05) is 19.1 Å². The van der Waals surface area contributed by atoms with Gasteiger partial charge in [-0.1, -0.05) is 11.6 Å². The molecule has 2 heterocycles. The number of nitrogens with zero attached hydrogens (tertiary/aromatic N) is 4.